The molecule has 1 aromatic carbocycles. The largest absolute Gasteiger partial charge is 0.305 e. The van der Waals surface area contributed by atoms with Crippen LogP contribution in [0.1, 0.15) is 46.9 Å². The summed E-state index contributed by atoms with van der Waals surface area (Å²) in [4.78, 5) is 5.84. The van der Waals surface area contributed by atoms with Crippen LogP contribution < -0.4 is 5.32 Å². The average Bonchev–Trinajstić information content (AvgIpc) is 2.74. The lowest BCUT2D eigenvalue weighted by molar-refractivity contribution is 0.495. The Kier molecular flexibility index (Phi) is 5.11. The summed E-state index contributed by atoms with van der Waals surface area (Å²) in [5.74, 6) is 0. The first kappa shape index (κ1) is 14.2. The van der Waals surface area contributed by atoms with Gasteiger partial charge in [0.1, 0.15) is 0 Å². The maximum absolute atomic E-state index is 4.49. The fourth-order valence-electron chi connectivity index (χ4n) is 2.31. The molecule has 0 spiro atoms. The maximum Gasteiger partial charge on any atom is 0.0900 e. The predicted octanol–water partition coefficient (Wildman–Crippen LogP) is 4.39. The summed E-state index contributed by atoms with van der Waals surface area (Å²) in [6.45, 7) is 7.32. The Labute approximate surface area is 119 Å². The third-order valence-electron chi connectivity index (χ3n) is 3.29. The minimum Gasteiger partial charge on any atom is -0.305 e. The minimum absolute atomic E-state index is 0.438. The van der Waals surface area contributed by atoms with Crippen molar-refractivity contribution in [3.8, 4) is 0 Å². The number of aryl methyl sites for hydroxylation is 2. The van der Waals surface area contributed by atoms with Gasteiger partial charge in [-0.05, 0) is 25.8 Å². The molecule has 1 unspecified atom stereocenters. The molecule has 2 rings (SSSR count). The Morgan fingerprint density at radius 1 is 1.21 bits per heavy atom. The van der Waals surface area contributed by atoms with E-state index in [0.29, 0.717) is 6.04 Å². The number of aromatic nitrogens is 1. The van der Waals surface area contributed by atoms with Crippen molar-refractivity contribution in [2.45, 2.75) is 46.2 Å². The van der Waals surface area contributed by atoms with Crippen LogP contribution in [-0.4, -0.2) is 4.98 Å². The summed E-state index contributed by atoms with van der Waals surface area (Å²) in [5.41, 5.74) is 2.54. The molecule has 102 valence electrons. The third kappa shape index (κ3) is 3.88. The predicted molar refractivity (Wildman–Crippen MR) is 82.5 cm³/mol. The van der Waals surface area contributed by atoms with Crippen molar-refractivity contribution in [3.05, 3.63) is 51.5 Å². The normalized spacial score (nSPS) is 12.6. The molecule has 0 aliphatic carbocycles. The summed E-state index contributed by atoms with van der Waals surface area (Å²) in [6.07, 6.45) is 2.36. The van der Waals surface area contributed by atoms with Gasteiger partial charge in [0, 0.05) is 17.5 Å². The molecular weight excluding hydrogens is 252 g/mol. The molecular formula is C16H22N2S. The standard InChI is InChI=1S/C16H22N2S/c1-4-8-15(14-9-6-5-7-10-14)17-11-16-12(2)18-13(3)19-16/h5-7,9-10,15,17H,4,8,11H2,1-3H3. The van der Waals surface area contributed by atoms with Gasteiger partial charge >= 0.3 is 0 Å². The van der Waals surface area contributed by atoms with E-state index >= 15 is 0 Å². The molecule has 1 atom stereocenters. The van der Waals surface area contributed by atoms with E-state index in [0.717, 1.165) is 11.6 Å². The number of thiazole rings is 1. The molecule has 0 aliphatic heterocycles. The van der Waals surface area contributed by atoms with E-state index in [1.165, 1.54) is 29.0 Å². The van der Waals surface area contributed by atoms with E-state index in [9.17, 15) is 0 Å². The Morgan fingerprint density at radius 2 is 1.95 bits per heavy atom. The molecule has 0 fully saturated rings. The Bertz CT molecular complexity index is 505. The molecule has 1 N–H and O–H groups in total. The van der Waals surface area contributed by atoms with Crippen LogP contribution in [0.5, 0.6) is 0 Å². The number of nitrogens with zero attached hydrogens (tertiary/aromatic N) is 1. The van der Waals surface area contributed by atoms with Crippen LogP contribution in [0.2, 0.25) is 0 Å². The SMILES string of the molecule is CCCC(NCc1sc(C)nc1C)c1ccccc1. The minimum atomic E-state index is 0.438. The molecule has 2 nitrogen and oxygen atoms in total. The smallest absolute Gasteiger partial charge is 0.0900 e. The van der Waals surface area contributed by atoms with Gasteiger partial charge < -0.3 is 5.32 Å². The maximum atomic E-state index is 4.49. The van der Waals surface area contributed by atoms with E-state index in [1.807, 2.05) is 0 Å². The van der Waals surface area contributed by atoms with Crippen LogP contribution in [-0.2, 0) is 6.54 Å². The second kappa shape index (κ2) is 6.83. The fourth-order valence-corrected chi connectivity index (χ4v) is 3.20. The number of hydrogen-bond acceptors (Lipinski definition) is 3. The van der Waals surface area contributed by atoms with Crippen molar-refractivity contribution in [1.29, 1.82) is 0 Å². The van der Waals surface area contributed by atoms with Gasteiger partial charge in [0.25, 0.3) is 0 Å². The molecule has 0 radical (unpaired) electrons. The fraction of sp³-hybridized carbons (Fsp3) is 0.438. The zero-order valence-corrected chi connectivity index (χ0v) is 12.8. The van der Waals surface area contributed by atoms with E-state index in [-0.39, 0.29) is 0 Å². The lowest BCUT2D eigenvalue weighted by atomic mass is 10.0. The molecule has 0 saturated heterocycles. The number of benzene rings is 1. The van der Waals surface area contributed by atoms with Gasteiger partial charge in [0.05, 0.1) is 10.7 Å². The van der Waals surface area contributed by atoms with Gasteiger partial charge in [-0.1, -0.05) is 43.7 Å². The zero-order valence-electron chi connectivity index (χ0n) is 11.9. The molecule has 1 heterocycles. The first-order valence-electron chi connectivity index (χ1n) is 6.92. The second-order valence-electron chi connectivity index (χ2n) is 4.87. The molecule has 2 aromatic rings. The molecule has 0 bridgehead atoms. The first-order valence-corrected chi connectivity index (χ1v) is 7.73. The van der Waals surface area contributed by atoms with Crippen LogP contribution in [0.15, 0.2) is 30.3 Å². The Morgan fingerprint density at radius 3 is 2.53 bits per heavy atom. The first-order chi connectivity index (χ1) is 9.20. The summed E-state index contributed by atoms with van der Waals surface area (Å²) >= 11 is 1.80. The summed E-state index contributed by atoms with van der Waals surface area (Å²) in [6, 6.07) is 11.1. The summed E-state index contributed by atoms with van der Waals surface area (Å²) in [7, 11) is 0. The molecule has 0 amide bonds. The summed E-state index contributed by atoms with van der Waals surface area (Å²) < 4.78 is 0. The molecule has 19 heavy (non-hydrogen) atoms. The average molecular weight is 274 g/mol. The van der Waals surface area contributed by atoms with Crippen molar-refractivity contribution in [2.24, 2.45) is 0 Å². The van der Waals surface area contributed by atoms with Crippen LogP contribution >= 0.6 is 11.3 Å². The molecule has 1 aromatic heterocycles. The highest BCUT2D eigenvalue weighted by Crippen LogP contribution is 2.21. The zero-order chi connectivity index (χ0) is 13.7. The van der Waals surface area contributed by atoms with Gasteiger partial charge in [-0.3, -0.25) is 0 Å². The lowest BCUT2D eigenvalue weighted by Gasteiger charge is -2.18. The van der Waals surface area contributed by atoms with Crippen molar-refractivity contribution in [1.82, 2.24) is 10.3 Å². The van der Waals surface area contributed by atoms with Crippen molar-refractivity contribution < 1.29 is 0 Å². The van der Waals surface area contributed by atoms with Crippen LogP contribution in [0.4, 0.5) is 0 Å². The van der Waals surface area contributed by atoms with Gasteiger partial charge in [-0.2, -0.15) is 0 Å². The highest BCUT2D eigenvalue weighted by Gasteiger charge is 2.11. The van der Waals surface area contributed by atoms with Gasteiger partial charge in [0.15, 0.2) is 0 Å². The van der Waals surface area contributed by atoms with Crippen molar-refractivity contribution in [3.63, 3.8) is 0 Å². The lowest BCUT2D eigenvalue weighted by Crippen LogP contribution is -2.20. The van der Waals surface area contributed by atoms with E-state index in [2.05, 4.69) is 61.4 Å². The Balaban J connectivity index is 2.03. The van der Waals surface area contributed by atoms with Gasteiger partial charge in [-0.25, -0.2) is 4.98 Å². The van der Waals surface area contributed by atoms with Crippen molar-refractivity contribution in [2.75, 3.05) is 0 Å². The van der Waals surface area contributed by atoms with Crippen LogP contribution in [0.3, 0.4) is 0 Å². The second-order valence-corrected chi connectivity index (χ2v) is 6.16. The number of hydrogen-bond donors (Lipinski definition) is 1. The highest BCUT2D eigenvalue weighted by atomic mass is 32.1. The summed E-state index contributed by atoms with van der Waals surface area (Å²) in [5, 5.41) is 4.83. The van der Waals surface area contributed by atoms with Gasteiger partial charge in [0.2, 0.25) is 0 Å². The van der Waals surface area contributed by atoms with E-state index < -0.39 is 0 Å². The number of rotatable bonds is 6. The van der Waals surface area contributed by atoms with Crippen LogP contribution in [0.25, 0.3) is 0 Å². The monoisotopic (exact) mass is 274 g/mol. The topological polar surface area (TPSA) is 24.9 Å². The third-order valence-corrected chi connectivity index (χ3v) is 4.36. The van der Waals surface area contributed by atoms with E-state index in [1.54, 1.807) is 11.3 Å². The molecule has 0 aliphatic rings. The Hall–Kier alpha value is -1.19. The quantitative estimate of drug-likeness (QED) is 0.845. The molecule has 3 heteroatoms. The van der Waals surface area contributed by atoms with Crippen LogP contribution in [0, 0.1) is 13.8 Å². The van der Waals surface area contributed by atoms with Gasteiger partial charge in [-0.15, -0.1) is 11.3 Å². The number of nitrogens with one attached hydrogen (secondary N) is 1. The van der Waals surface area contributed by atoms with Crippen molar-refractivity contribution >= 4 is 11.3 Å². The van der Waals surface area contributed by atoms with E-state index in [4.69, 9.17) is 0 Å². The highest BCUT2D eigenvalue weighted by molar-refractivity contribution is 7.11. The molecule has 0 saturated carbocycles.